The van der Waals surface area contributed by atoms with Gasteiger partial charge in [0.25, 0.3) is 5.91 Å². The van der Waals surface area contributed by atoms with Crippen molar-refractivity contribution >= 4 is 39.5 Å². The number of aromatic nitrogens is 2. The molecule has 4 aromatic rings. The maximum Gasteiger partial charge on any atom is 0.270 e. The van der Waals surface area contributed by atoms with Crippen LogP contribution in [0.4, 0.5) is 5.69 Å². The van der Waals surface area contributed by atoms with Crippen LogP contribution in [-0.4, -0.2) is 58.5 Å². The Kier molecular flexibility index (Phi) is 7.81. The molecule has 0 radical (unpaired) electrons. The minimum atomic E-state index is 0. The number of benzene rings is 2. The summed E-state index contributed by atoms with van der Waals surface area (Å²) in [5.74, 6) is 2.04. The molecule has 9 heteroatoms. The molecule has 0 spiro atoms. The summed E-state index contributed by atoms with van der Waals surface area (Å²) in [7, 11) is 3.60. The Hall–Kier alpha value is -3.56. The molecule has 8 nitrogen and oxygen atoms in total. The van der Waals surface area contributed by atoms with Crippen LogP contribution in [-0.2, 0) is 13.6 Å². The molecule has 2 aromatic heterocycles. The highest BCUT2D eigenvalue weighted by atomic mass is 79.9. The van der Waals surface area contributed by atoms with Gasteiger partial charge in [-0.1, -0.05) is 12.1 Å². The first kappa shape index (κ1) is 25.5. The molecule has 188 valence electrons. The van der Waals surface area contributed by atoms with Crippen molar-refractivity contribution in [2.24, 2.45) is 7.05 Å². The van der Waals surface area contributed by atoms with Gasteiger partial charge in [0.05, 0.1) is 19.0 Å². The van der Waals surface area contributed by atoms with Gasteiger partial charge >= 0.3 is 0 Å². The molecule has 0 saturated carbocycles. The van der Waals surface area contributed by atoms with Gasteiger partial charge in [-0.05, 0) is 48.0 Å². The number of rotatable bonds is 6. The first-order valence-electron chi connectivity index (χ1n) is 11.6. The van der Waals surface area contributed by atoms with Crippen LogP contribution in [0.25, 0.3) is 10.9 Å². The number of nitrogen functional groups attached to an aromatic ring is 1. The quantitative estimate of drug-likeness (QED) is 0.380. The van der Waals surface area contributed by atoms with E-state index in [4.69, 9.17) is 15.2 Å². The third kappa shape index (κ3) is 5.47. The molecule has 0 unspecified atom stereocenters. The number of halogens is 1. The summed E-state index contributed by atoms with van der Waals surface area (Å²) in [4.78, 5) is 21.9. The number of anilines is 1. The fourth-order valence-electron chi connectivity index (χ4n) is 4.43. The summed E-state index contributed by atoms with van der Waals surface area (Å²) in [5.41, 5.74) is 9.17. The maximum atomic E-state index is 13.4. The van der Waals surface area contributed by atoms with E-state index in [0.29, 0.717) is 36.1 Å². The summed E-state index contributed by atoms with van der Waals surface area (Å²) < 4.78 is 13.0. The number of nitrogens with zero attached hydrogens (tertiary/aromatic N) is 4. The maximum absolute atomic E-state index is 13.4. The van der Waals surface area contributed by atoms with Crippen LogP contribution in [0.1, 0.15) is 16.1 Å². The molecule has 1 amide bonds. The van der Waals surface area contributed by atoms with Crippen molar-refractivity contribution in [3.05, 3.63) is 78.1 Å². The lowest BCUT2D eigenvalue weighted by Crippen LogP contribution is -2.48. The Bertz CT molecular complexity index is 1330. The fourth-order valence-corrected chi connectivity index (χ4v) is 4.43. The zero-order valence-corrected chi connectivity index (χ0v) is 22.1. The lowest BCUT2D eigenvalue weighted by atomic mass is 10.2. The van der Waals surface area contributed by atoms with Gasteiger partial charge in [0.2, 0.25) is 5.88 Å². The molecule has 1 aliphatic rings. The average Bonchev–Trinajstić information content (AvgIpc) is 3.21. The lowest BCUT2D eigenvalue weighted by Gasteiger charge is -2.34. The fraction of sp³-hybridized carbons (Fsp3) is 0.259. The molecule has 1 fully saturated rings. The number of hydrogen-bond donors (Lipinski definition) is 1. The van der Waals surface area contributed by atoms with E-state index in [1.165, 1.54) is 5.56 Å². The third-order valence-corrected chi connectivity index (χ3v) is 6.44. The number of carbonyl (C=O) groups excluding carboxylic acids is 1. The smallest absolute Gasteiger partial charge is 0.270 e. The Balaban J connectivity index is 0.00000304. The summed E-state index contributed by atoms with van der Waals surface area (Å²) >= 11 is 0. The Morgan fingerprint density at radius 2 is 1.69 bits per heavy atom. The molecule has 0 atom stereocenters. The molecule has 0 aliphatic carbocycles. The Labute approximate surface area is 221 Å². The van der Waals surface area contributed by atoms with Crippen molar-refractivity contribution in [1.82, 2.24) is 19.4 Å². The van der Waals surface area contributed by atoms with E-state index in [2.05, 4.69) is 22.0 Å². The van der Waals surface area contributed by atoms with Gasteiger partial charge in [-0.15, -0.1) is 17.0 Å². The highest BCUT2D eigenvalue weighted by molar-refractivity contribution is 8.93. The van der Waals surface area contributed by atoms with Crippen LogP contribution in [0.15, 0.2) is 66.9 Å². The third-order valence-electron chi connectivity index (χ3n) is 6.44. The minimum Gasteiger partial charge on any atom is -0.497 e. The number of pyridine rings is 1. The topological polar surface area (TPSA) is 85.8 Å². The molecule has 0 bridgehead atoms. The van der Waals surface area contributed by atoms with Crippen molar-refractivity contribution in [3.8, 4) is 17.4 Å². The molecular formula is C27H30BrN5O3. The van der Waals surface area contributed by atoms with Gasteiger partial charge in [0, 0.05) is 56.7 Å². The standard InChI is InChI=1S/C27H29N5O3.BrH/c1-30-24-9-8-23(35-26-10-5-21(28)17-29-26)15-20(24)16-25(30)27(33)32-13-11-31(12-14-32)18-19-3-6-22(34-2)7-4-19;/h3-10,15-17H,11-14,18,28H2,1-2H3;1H. The molecular weight excluding hydrogens is 522 g/mol. The second-order valence-electron chi connectivity index (χ2n) is 8.76. The number of fused-ring (bicyclic) bond motifs is 1. The zero-order valence-electron chi connectivity index (χ0n) is 20.4. The van der Waals surface area contributed by atoms with Crippen LogP contribution in [0.5, 0.6) is 17.4 Å². The van der Waals surface area contributed by atoms with Crippen LogP contribution < -0.4 is 15.2 Å². The highest BCUT2D eigenvalue weighted by Gasteiger charge is 2.24. The van der Waals surface area contributed by atoms with Crippen molar-refractivity contribution in [3.63, 3.8) is 0 Å². The number of ether oxygens (including phenoxy) is 2. The molecule has 36 heavy (non-hydrogen) atoms. The summed E-state index contributed by atoms with van der Waals surface area (Å²) in [6.07, 6.45) is 1.56. The van der Waals surface area contributed by atoms with E-state index in [1.807, 2.05) is 52.9 Å². The van der Waals surface area contributed by atoms with E-state index in [-0.39, 0.29) is 22.9 Å². The number of amides is 1. The molecule has 3 heterocycles. The molecule has 5 rings (SSSR count). The number of hydrogen-bond acceptors (Lipinski definition) is 6. The van der Waals surface area contributed by atoms with E-state index in [1.54, 1.807) is 25.4 Å². The van der Waals surface area contributed by atoms with Crippen LogP contribution in [0, 0.1) is 0 Å². The van der Waals surface area contributed by atoms with Gasteiger partial charge in [-0.25, -0.2) is 4.98 Å². The van der Waals surface area contributed by atoms with Crippen LogP contribution in [0.3, 0.4) is 0 Å². The van der Waals surface area contributed by atoms with Gasteiger partial charge < -0.3 is 24.7 Å². The average molecular weight is 552 g/mol. The van der Waals surface area contributed by atoms with Crippen LogP contribution in [0.2, 0.25) is 0 Å². The summed E-state index contributed by atoms with van der Waals surface area (Å²) in [5, 5.41) is 0.946. The second-order valence-corrected chi connectivity index (χ2v) is 8.76. The first-order valence-corrected chi connectivity index (χ1v) is 11.6. The number of piperazine rings is 1. The normalized spacial score (nSPS) is 13.9. The second kappa shape index (κ2) is 11.0. The van der Waals surface area contributed by atoms with E-state index >= 15 is 0 Å². The van der Waals surface area contributed by atoms with Crippen molar-refractivity contribution in [2.75, 3.05) is 39.0 Å². The minimum absolute atomic E-state index is 0. The van der Waals surface area contributed by atoms with Gasteiger partial charge in [0.1, 0.15) is 17.2 Å². The van der Waals surface area contributed by atoms with Gasteiger partial charge in [-0.2, -0.15) is 0 Å². The zero-order chi connectivity index (χ0) is 24.4. The highest BCUT2D eigenvalue weighted by Crippen LogP contribution is 2.28. The van der Waals surface area contributed by atoms with Crippen molar-refractivity contribution in [1.29, 1.82) is 0 Å². The van der Waals surface area contributed by atoms with Crippen molar-refractivity contribution < 1.29 is 14.3 Å². The van der Waals surface area contributed by atoms with E-state index < -0.39 is 0 Å². The lowest BCUT2D eigenvalue weighted by molar-refractivity contribution is 0.0619. The van der Waals surface area contributed by atoms with E-state index in [0.717, 1.165) is 36.3 Å². The van der Waals surface area contributed by atoms with Crippen molar-refractivity contribution in [2.45, 2.75) is 6.54 Å². The van der Waals surface area contributed by atoms with Gasteiger partial charge in [0.15, 0.2) is 0 Å². The molecule has 1 aliphatic heterocycles. The van der Waals surface area contributed by atoms with Gasteiger partial charge in [-0.3, -0.25) is 9.69 Å². The first-order chi connectivity index (χ1) is 17.0. The molecule has 2 aromatic carbocycles. The number of carbonyl (C=O) groups is 1. The Morgan fingerprint density at radius 1 is 0.972 bits per heavy atom. The molecule has 2 N–H and O–H groups in total. The molecule has 1 saturated heterocycles. The summed E-state index contributed by atoms with van der Waals surface area (Å²) in [6.45, 7) is 3.95. The monoisotopic (exact) mass is 551 g/mol. The number of aryl methyl sites for hydroxylation is 1. The summed E-state index contributed by atoms with van der Waals surface area (Å²) in [6, 6.07) is 19.3. The largest absolute Gasteiger partial charge is 0.497 e. The van der Waals surface area contributed by atoms with Crippen LogP contribution >= 0.6 is 17.0 Å². The predicted octanol–water partition coefficient (Wildman–Crippen LogP) is 4.49. The number of nitrogens with two attached hydrogens (primary N) is 1. The number of methoxy groups -OCH3 is 1. The predicted molar refractivity (Wildman–Crippen MR) is 146 cm³/mol. The van der Waals surface area contributed by atoms with E-state index in [9.17, 15) is 4.79 Å². The SMILES string of the molecule is Br.COc1ccc(CN2CCN(C(=O)c3cc4cc(Oc5ccc(N)cn5)ccc4n3C)CC2)cc1. The Morgan fingerprint density at radius 3 is 2.36 bits per heavy atom.